The third-order valence-electron chi connectivity index (χ3n) is 5.31. The second-order valence-corrected chi connectivity index (χ2v) is 8.15. The van der Waals surface area contributed by atoms with Crippen LogP contribution in [0.2, 0.25) is 0 Å². The van der Waals surface area contributed by atoms with Crippen molar-refractivity contribution >= 4 is 22.4 Å². The first-order chi connectivity index (χ1) is 12.7. The zero-order valence-corrected chi connectivity index (χ0v) is 16.0. The molecule has 0 aromatic carbocycles. The van der Waals surface area contributed by atoms with Crippen molar-refractivity contribution in [2.45, 2.75) is 25.2 Å². The molecule has 0 spiro atoms. The summed E-state index contributed by atoms with van der Waals surface area (Å²) >= 11 is 1.49. The lowest BCUT2D eigenvalue weighted by molar-refractivity contribution is 0.0954. The van der Waals surface area contributed by atoms with E-state index in [0.29, 0.717) is 17.3 Å². The van der Waals surface area contributed by atoms with E-state index in [9.17, 15) is 4.79 Å². The number of fused-ring (bicyclic) bond motifs is 1. The van der Waals surface area contributed by atoms with Gasteiger partial charge in [-0.25, -0.2) is 4.98 Å². The smallest absolute Gasteiger partial charge is 0.263 e. The Morgan fingerprint density at radius 3 is 3.00 bits per heavy atom. The maximum Gasteiger partial charge on any atom is 0.263 e. The monoisotopic (exact) mass is 371 g/mol. The van der Waals surface area contributed by atoms with E-state index < -0.39 is 0 Å². The second kappa shape index (κ2) is 7.72. The number of hydrogen-bond donors (Lipinski definition) is 1. The summed E-state index contributed by atoms with van der Waals surface area (Å²) < 4.78 is 0. The molecule has 2 aromatic rings. The highest BCUT2D eigenvalue weighted by Gasteiger charge is 2.23. The molecule has 1 aliphatic heterocycles. The maximum atomic E-state index is 12.6. The van der Waals surface area contributed by atoms with E-state index in [0.717, 1.165) is 56.3 Å². The molecule has 6 nitrogen and oxygen atoms in total. The molecule has 7 heteroatoms. The molecule has 1 aliphatic carbocycles. The van der Waals surface area contributed by atoms with Gasteiger partial charge < -0.3 is 15.1 Å². The lowest BCUT2D eigenvalue weighted by Gasteiger charge is -2.32. The highest BCUT2D eigenvalue weighted by Crippen LogP contribution is 2.29. The normalized spacial score (nSPS) is 20.7. The Morgan fingerprint density at radius 1 is 1.31 bits per heavy atom. The van der Waals surface area contributed by atoms with Crippen molar-refractivity contribution in [2.24, 2.45) is 0 Å². The number of aromatic nitrogens is 2. The summed E-state index contributed by atoms with van der Waals surface area (Å²) in [6, 6.07) is 4.15. The molecule has 1 fully saturated rings. The zero-order chi connectivity index (χ0) is 17.9. The number of hydrogen-bond acceptors (Lipinski definition) is 6. The van der Waals surface area contributed by atoms with Crippen molar-refractivity contribution in [1.82, 2.24) is 20.2 Å². The molecule has 0 bridgehead atoms. The van der Waals surface area contributed by atoms with Crippen LogP contribution in [0.15, 0.2) is 24.5 Å². The first-order valence-electron chi connectivity index (χ1n) is 9.32. The average Bonchev–Trinajstić information content (AvgIpc) is 3.17. The molecule has 26 heavy (non-hydrogen) atoms. The van der Waals surface area contributed by atoms with Crippen LogP contribution in [0.3, 0.4) is 0 Å². The number of nitrogens with zero attached hydrogens (tertiary/aromatic N) is 4. The highest BCUT2D eigenvalue weighted by molar-refractivity contribution is 7.17. The van der Waals surface area contributed by atoms with Crippen LogP contribution < -0.4 is 10.2 Å². The number of likely N-dealkylation sites (N-methyl/N-ethyl adjacent to an activating group) is 1. The Morgan fingerprint density at radius 2 is 2.15 bits per heavy atom. The van der Waals surface area contributed by atoms with Gasteiger partial charge in [0.25, 0.3) is 5.91 Å². The van der Waals surface area contributed by atoms with Crippen molar-refractivity contribution < 1.29 is 4.79 Å². The van der Waals surface area contributed by atoms with Gasteiger partial charge in [-0.2, -0.15) is 0 Å². The van der Waals surface area contributed by atoms with E-state index in [4.69, 9.17) is 0 Å². The molecular formula is C19H25N5OS. The van der Waals surface area contributed by atoms with E-state index in [1.54, 1.807) is 6.20 Å². The minimum Gasteiger partial charge on any atom is -0.351 e. The van der Waals surface area contributed by atoms with Crippen LogP contribution in [0.5, 0.6) is 0 Å². The molecule has 1 amide bonds. The first-order valence-corrected chi connectivity index (χ1v) is 10.1. The summed E-state index contributed by atoms with van der Waals surface area (Å²) in [5.41, 5.74) is 2.48. The third-order valence-corrected chi connectivity index (χ3v) is 6.37. The van der Waals surface area contributed by atoms with Crippen LogP contribution in [-0.4, -0.2) is 60.5 Å². The van der Waals surface area contributed by atoms with Gasteiger partial charge in [-0.1, -0.05) is 17.4 Å². The summed E-state index contributed by atoms with van der Waals surface area (Å²) in [5, 5.41) is 4.05. The molecule has 1 N–H and O–H groups in total. The Bertz CT molecular complexity index is 769. The van der Waals surface area contributed by atoms with Crippen LogP contribution in [0.1, 0.15) is 39.7 Å². The number of carbonyl (C=O) groups is 1. The van der Waals surface area contributed by atoms with E-state index >= 15 is 0 Å². The minimum atomic E-state index is -0.0223. The van der Waals surface area contributed by atoms with Crippen LogP contribution in [0.25, 0.3) is 0 Å². The zero-order valence-electron chi connectivity index (χ0n) is 15.1. The van der Waals surface area contributed by atoms with Gasteiger partial charge in [0, 0.05) is 50.5 Å². The number of nitrogens with one attached hydrogen (secondary N) is 1. The largest absolute Gasteiger partial charge is 0.351 e. The summed E-state index contributed by atoms with van der Waals surface area (Å²) in [5.74, 6) is 0.292. The third kappa shape index (κ3) is 3.73. The van der Waals surface area contributed by atoms with E-state index in [2.05, 4.69) is 38.2 Å². The SMILES string of the molecule is CN1CCN(c2ncc(C(=O)NCC3CCCc4cccnc43)s2)CC1. The van der Waals surface area contributed by atoms with Crippen LogP contribution >= 0.6 is 11.3 Å². The van der Waals surface area contributed by atoms with Gasteiger partial charge >= 0.3 is 0 Å². The van der Waals surface area contributed by atoms with Gasteiger partial charge in [0.1, 0.15) is 4.88 Å². The number of amides is 1. The number of piperazine rings is 1. The Labute approximate surface area is 158 Å². The predicted octanol–water partition coefficient (Wildman–Crippen LogP) is 2.14. The average molecular weight is 372 g/mol. The molecule has 3 heterocycles. The first kappa shape index (κ1) is 17.4. The Hall–Kier alpha value is -1.99. The molecule has 2 aromatic heterocycles. The van der Waals surface area contributed by atoms with E-state index in [1.807, 2.05) is 12.3 Å². The molecular weight excluding hydrogens is 346 g/mol. The fourth-order valence-electron chi connectivity index (χ4n) is 3.72. The molecule has 0 radical (unpaired) electrons. The number of thiazole rings is 1. The van der Waals surface area contributed by atoms with Crippen molar-refractivity contribution in [3.05, 3.63) is 40.7 Å². The van der Waals surface area contributed by atoms with Gasteiger partial charge in [-0.3, -0.25) is 9.78 Å². The summed E-state index contributed by atoms with van der Waals surface area (Å²) in [6.45, 7) is 4.65. The van der Waals surface area contributed by atoms with Crippen molar-refractivity contribution in [3.63, 3.8) is 0 Å². The number of aryl methyl sites for hydroxylation is 1. The maximum absolute atomic E-state index is 12.6. The van der Waals surface area contributed by atoms with Gasteiger partial charge in [0.2, 0.25) is 0 Å². The van der Waals surface area contributed by atoms with Gasteiger partial charge in [0.15, 0.2) is 5.13 Å². The highest BCUT2D eigenvalue weighted by atomic mass is 32.1. The molecule has 1 saturated heterocycles. The minimum absolute atomic E-state index is 0.0223. The van der Waals surface area contributed by atoms with Crippen molar-refractivity contribution in [2.75, 3.05) is 44.7 Å². The predicted molar refractivity (Wildman–Crippen MR) is 104 cm³/mol. The van der Waals surface area contributed by atoms with Gasteiger partial charge in [-0.15, -0.1) is 0 Å². The lowest BCUT2D eigenvalue weighted by atomic mass is 9.86. The Balaban J connectivity index is 1.36. The number of carbonyl (C=O) groups excluding carboxylic acids is 1. The molecule has 2 aliphatic rings. The van der Waals surface area contributed by atoms with E-state index in [1.165, 1.54) is 16.9 Å². The molecule has 4 rings (SSSR count). The fraction of sp³-hybridized carbons (Fsp3) is 0.526. The van der Waals surface area contributed by atoms with Gasteiger partial charge in [0.05, 0.1) is 6.20 Å². The molecule has 1 unspecified atom stereocenters. The van der Waals surface area contributed by atoms with Crippen LogP contribution in [0.4, 0.5) is 5.13 Å². The fourth-order valence-corrected chi connectivity index (χ4v) is 4.61. The quantitative estimate of drug-likeness (QED) is 0.892. The number of anilines is 1. The molecule has 138 valence electrons. The Kier molecular flexibility index (Phi) is 5.17. The second-order valence-electron chi connectivity index (χ2n) is 7.14. The summed E-state index contributed by atoms with van der Waals surface area (Å²) in [6.07, 6.45) is 6.90. The lowest BCUT2D eigenvalue weighted by Crippen LogP contribution is -2.44. The van der Waals surface area contributed by atoms with Crippen LogP contribution in [0, 0.1) is 0 Å². The van der Waals surface area contributed by atoms with Crippen molar-refractivity contribution in [1.29, 1.82) is 0 Å². The van der Waals surface area contributed by atoms with Crippen LogP contribution in [-0.2, 0) is 6.42 Å². The van der Waals surface area contributed by atoms with Crippen molar-refractivity contribution in [3.8, 4) is 0 Å². The molecule has 0 saturated carbocycles. The molecule has 1 atom stereocenters. The summed E-state index contributed by atoms with van der Waals surface area (Å²) in [7, 11) is 2.14. The van der Waals surface area contributed by atoms with E-state index in [-0.39, 0.29) is 5.91 Å². The topological polar surface area (TPSA) is 61.4 Å². The number of pyridine rings is 1. The van der Waals surface area contributed by atoms with Gasteiger partial charge in [-0.05, 0) is 37.9 Å². The number of rotatable bonds is 4. The summed E-state index contributed by atoms with van der Waals surface area (Å²) in [4.78, 5) is 26.9. The standard InChI is InChI=1S/C19H25N5OS/c1-23-8-10-24(11-9-23)19-22-13-16(26-19)18(25)21-12-15-5-2-4-14-6-3-7-20-17(14)15/h3,6-7,13,15H,2,4-5,8-12H2,1H3,(H,21,25).